The molecule has 2 nitrogen and oxygen atoms in total. The second-order valence-electron chi connectivity index (χ2n) is 3.23. The fourth-order valence-corrected chi connectivity index (χ4v) is 2.36. The highest BCUT2D eigenvalue weighted by Crippen LogP contribution is 2.32. The molecule has 0 fully saturated rings. The highest BCUT2D eigenvalue weighted by Gasteiger charge is 2.13. The van der Waals surface area contributed by atoms with Crippen LogP contribution in [0.2, 0.25) is 15.1 Å². The van der Waals surface area contributed by atoms with Crippen molar-refractivity contribution in [3.63, 3.8) is 0 Å². The van der Waals surface area contributed by atoms with Gasteiger partial charge >= 0.3 is 0 Å². The number of hydrogen-bond donors (Lipinski definition) is 0. The molecule has 0 amide bonds. The molecule has 0 bridgehead atoms. The molecule has 2 aromatic rings. The molecule has 0 aliphatic rings. The minimum atomic E-state index is 0.374. The van der Waals surface area contributed by atoms with E-state index in [4.69, 9.17) is 40.1 Å². The van der Waals surface area contributed by atoms with Crippen LogP contribution in [-0.4, -0.2) is 4.57 Å². The molecule has 0 radical (unpaired) electrons. The zero-order chi connectivity index (χ0) is 12.6. The Kier molecular flexibility index (Phi) is 3.70. The van der Waals surface area contributed by atoms with Crippen LogP contribution < -0.4 is 0 Å². The molecule has 0 spiro atoms. The summed E-state index contributed by atoms with van der Waals surface area (Å²) in [6.45, 7) is 0. The van der Waals surface area contributed by atoms with Gasteiger partial charge in [-0.1, -0.05) is 34.8 Å². The summed E-state index contributed by atoms with van der Waals surface area (Å²) in [5.74, 6) is 0. The highest BCUT2D eigenvalue weighted by molar-refractivity contribution is 9.10. The fraction of sp³-hybridized carbons (Fsp3) is 0. The highest BCUT2D eigenvalue weighted by atomic mass is 79.9. The van der Waals surface area contributed by atoms with Crippen LogP contribution in [0.15, 0.2) is 29.0 Å². The summed E-state index contributed by atoms with van der Waals surface area (Å²) in [4.78, 5) is 0. The zero-order valence-electron chi connectivity index (χ0n) is 8.22. The van der Waals surface area contributed by atoms with Crippen LogP contribution in [0.3, 0.4) is 0 Å². The van der Waals surface area contributed by atoms with E-state index in [1.807, 2.05) is 6.07 Å². The maximum atomic E-state index is 8.89. The summed E-state index contributed by atoms with van der Waals surface area (Å²) in [6.07, 6.45) is 1.63. The minimum Gasteiger partial charge on any atom is -0.309 e. The van der Waals surface area contributed by atoms with Crippen LogP contribution in [0.4, 0.5) is 0 Å². The smallest absolute Gasteiger partial charge is 0.109 e. The third kappa shape index (κ3) is 2.31. The van der Waals surface area contributed by atoms with Crippen molar-refractivity contribution in [2.24, 2.45) is 0 Å². The fourth-order valence-electron chi connectivity index (χ4n) is 1.36. The lowest BCUT2D eigenvalue weighted by Crippen LogP contribution is -1.91. The lowest BCUT2D eigenvalue weighted by atomic mass is 10.3. The lowest BCUT2D eigenvalue weighted by Gasteiger charge is -2.06. The molecule has 0 aliphatic carbocycles. The number of nitrogens with zero attached hydrogens (tertiary/aromatic N) is 2. The van der Waals surface area contributed by atoms with Gasteiger partial charge in [-0.05, 0) is 34.1 Å². The lowest BCUT2D eigenvalue weighted by molar-refractivity contribution is 1.05. The monoisotopic (exact) mass is 348 g/mol. The molecule has 0 saturated heterocycles. The molecule has 1 heterocycles. The first-order valence-corrected chi connectivity index (χ1v) is 6.39. The average molecular weight is 350 g/mol. The largest absolute Gasteiger partial charge is 0.309 e. The summed E-state index contributed by atoms with van der Waals surface area (Å²) in [5.41, 5.74) is 1.17. The number of nitriles is 1. The van der Waals surface area contributed by atoms with Gasteiger partial charge in [0, 0.05) is 11.9 Å². The second kappa shape index (κ2) is 4.91. The van der Waals surface area contributed by atoms with E-state index in [1.54, 1.807) is 29.0 Å². The van der Waals surface area contributed by atoms with Crippen molar-refractivity contribution >= 4 is 50.7 Å². The maximum Gasteiger partial charge on any atom is 0.109 e. The van der Waals surface area contributed by atoms with E-state index >= 15 is 0 Å². The first-order chi connectivity index (χ1) is 8.04. The van der Waals surface area contributed by atoms with Gasteiger partial charge in [-0.3, -0.25) is 0 Å². The third-order valence-corrected chi connectivity index (χ3v) is 4.32. The number of aromatic nitrogens is 1. The van der Waals surface area contributed by atoms with Gasteiger partial charge < -0.3 is 4.57 Å². The van der Waals surface area contributed by atoms with Crippen molar-refractivity contribution in [1.82, 2.24) is 4.57 Å². The average Bonchev–Trinajstić information content (AvgIpc) is 2.60. The predicted molar refractivity (Wildman–Crippen MR) is 73.2 cm³/mol. The normalized spacial score (nSPS) is 10.3. The minimum absolute atomic E-state index is 0.374. The van der Waals surface area contributed by atoms with Gasteiger partial charge in [0.2, 0.25) is 0 Å². The molecule has 17 heavy (non-hydrogen) atoms. The molecule has 0 saturated carbocycles. The van der Waals surface area contributed by atoms with Crippen LogP contribution in [-0.2, 0) is 0 Å². The Morgan fingerprint density at radius 2 is 1.88 bits per heavy atom. The number of hydrogen-bond acceptors (Lipinski definition) is 1. The zero-order valence-corrected chi connectivity index (χ0v) is 12.1. The molecule has 0 atom stereocenters. The van der Waals surface area contributed by atoms with Gasteiger partial charge in [0.15, 0.2) is 0 Å². The summed E-state index contributed by atoms with van der Waals surface area (Å²) < 4.78 is 2.33. The Morgan fingerprint density at radius 3 is 2.41 bits per heavy atom. The van der Waals surface area contributed by atoms with Gasteiger partial charge in [-0.25, -0.2) is 0 Å². The van der Waals surface area contributed by atoms with Crippen molar-refractivity contribution in [3.05, 3.63) is 49.6 Å². The van der Waals surface area contributed by atoms with Crippen LogP contribution in [0.1, 0.15) is 5.56 Å². The topological polar surface area (TPSA) is 28.7 Å². The Hall–Kier alpha value is -0.660. The van der Waals surface area contributed by atoms with Crippen LogP contribution in [0.5, 0.6) is 0 Å². The maximum absolute atomic E-state index is 8.89. The van der Waals surface area contributed by atoms with Crippen LogP contribution in [0, 0.1) is 11.3 Å². The molecule has 1 aromatic heterocycles. The SMILES string of the molecule is N#Cc1cn(-c2ccc(Cl)c(Cl)c2)c(Br)c1Cl. The van der Waals surface area contributed by atoms with Crippen LogP contribution >= 0.6 is 50.7 Å². The van der Waals surface area contributed by atoms with E-state index < -0.39 is 0 Å². The molecular weight excluding hydrogens is 346 g/mol. The van der Waals surface area contributed by atoms with E-state index in [0.29, 0.717) is 25.2 Å². The first kappa shape index (κ1) is 12.8. The molecule has 6 heteroatoms. The standard InChI is InChI=1S/C11H4BrCl3N2/c12-11-10(15)6(4-16)5-17(11)7-1-2-8(13)9(14)3-7/h1-3,5H. The van der Waals surface area contributed by atoms with Crippen molar-refractivity contribution in [2.75, 3.05) is 0 Å². The third-order valence-electron chi connectivity index (χ3n) is 2.19. The summed E-state index contributed by atoms with van der Waals surface area (Å²) in [6, 6.07) is 7.19. The van der Waals surface area contributed by atoms with Gasteiger partial charge in [0.25, 0.3) is 0 Å². The van der Waals surface area contributed by atoms with Gasteiger partial charge in [-0.15, -0.1) is 0 Å². The summed E-state index contributed by atoms with van der Waals surface area (Å²) >= 11 is 21.1. The Bertz CT molecular complexity index is 628. The van der Waals surface area contributed by atoms with E-state index in [2.05, 4.69) is 15.9 Å². The molecule has 0 unspecified atom stereocenters. The van der Waals surface area contributed by atoms with Crippen LogP contribution in [0.25, 0.3) is 5.69 Å². The number of benzene rings is 1. The van der Waals surface area contributed by atoms with E-state index in [9.17, 15) is 0 Å². The van der Waals surface area contributed by atoms with Gasteiger partial charge in [0.05, 0.1) is 20.6 Å². The Labute approximate surface area is 121 Å². The first-order valence-electron chi connectivity index (χ1n) is 4.46. The van der Waals surface area contributed by atoms with Crippen molar-refractivity contribution in [3.8, 4) is 11.8 Å². The molecule has 1 aromatic carbocycles. The van der Waals surface area contributed by atoms with Crippen molar-refractivity contribution < 1.29 is 0 Å². The number of rotatable bonds is 1. The molecule has 0 aliphatic heterocycles. The number of halogens is 4. The molecule has 86 valence electrons. The molecule has 2 rings (SSSR count). The van der Waals surface area contributed by atoms with Crippen molar-refractivity contribution in [2.45, 2.75) is 0 Å². The Morgan fingerprint density at radius 1 is 1.18 bits per heavy atom. The van der Waals surface area contributed by atoms with E-state index in [0.717, 1.165) is 5.69 Å². The Balaban J connectivity index is 2.61. The predicted octanol–water partition coefficient (Wildman–Crippen LogP) is 5.07. The van der Waals surface area contributed by atoms with E-state index in [-0.39, 0.29) is 0 Å². The quantitative estimate of drug-likeness (QED) is 0.706. The molecule has 0 N–H and O–H groups in total. The van der Waals surface area contributed by atoms with Crippen molar-refractivity contribution in [1.29, 1.82) is 5.26 Å². The van der Waals surface area contributed by atoms with E-state index in [1.165, 1.54) is 0 Å². The van der Waals surface area contributed by atoms with Gasteiger partial charge in [0.1, 0.15) is 10.7 Å². The summed E-state index contributed by atoms with van der Waals surface area (Å²) in [5, 5.41) is 10.2. The second-order valence-corrected chi connectivity index (χ2v) is 5.17. The van der Waals surface area contributed by atoms with Gasteiger partial charge in [-0.2, -0.15) is 5.26 Å². The molecular formula is C11H4BrCl3N2. The summed E-state index contributed by atoms with van der Waals surface area (Å²) in [7, 11) is 0.